The van der Waals surface area contributed by atoms with E-state index in [1.165, 1.54) is 12.8 Å². The number of aromatic nitrogens is 2. The summed E-state index contributed by atoms with van der Waals surface area (Å²) in [4.78, 5) is 10.7. The van der Waals surface area contributed by atoms with Crippen molar-refractivity contribution < 1.29 is 4.74 Å². The molecular formula is C12H20N4O. The van der Waals surface area contributed by atoms with E-state index in [0.717, 1.165) is 12.8 Å². The third-order valence-corrected chi connectivity index (χ3v) is 3.42. The minimum Gasteiger partial charge on any atom is -0.481 e. The van der Waals surface area contributed by atoms with Crippen LogP contribution in [0.2, 0.25) is 0 Å². The molecule has 0 bridgehead atoms. The van der Waals surface area contributed by atoms with Crippen LogP contribution >= 0.6 is 0 Å². The molecule has 2 rings (SSSR count). The van der Waals surface area contributed by atoms with E-state index >= 15 is 0 Å². The minimum atomic E-state index is 0.212. The molecule has 0 aromatic carbocycles. The predicted octanol–water partition coefficient (Wildman–Crippen LogP) is 1.19. The molecule has 0 aliphatic heterocycles. The van der Waals surface area contributed by atoms with Crippen LogP contribution < -0.4 is 15.4 Å². The lowest BCUT2D eigenvalue weighted by atomic mass is 9.90. The number of nitrogens with two attached hydrogens (primary N) is 1. The van der Waals surface area contributed by atoms with Crippen LogP contribution in [0.3, 0.4) is 0 Å². The van der Waals surface area contributed by atoms with E-state index < -0.39 is 0 Å². The Balaban J connectivity index is 2.14. The van der Waals surface area contributed by atoms with E-state index in [0.29, 0.717) is 17.9 Å². The normalized spacial score (nSPS) is 24.4. The smallest absolute Gasteiger partial charge is 0.228 e. The summed E-state index contributed by atoms with van der Waals surface area (Å²) in [5.41, 5.74) is 6.16. The summed E-state index contributed by atoms with van der Waals surface area (Å²) in [6.07, 6.45) is 6.36. The van der Waals surface area contributed by atoms with Crippen molar-refractivity contribution in [2.24, 2.45) is 5.73 Å². The third kappa shape index (κ3) is 2.66. The largest absolute Gasteiger partial charge is 0.481 e. The maximum absolute atomic E-state index is 6.16. The summed E-state index contributed by atoms with van der Waals surface area (Å²) in [7, 11) is 3.61. The van der Waals surface area contributed by atoms with E-state index in [1.807, 2.05) is 7.05 Å². The number of methoxy groups -OCH3 is 1. The van der Waals surface area contributed by atoms with Gasteiger partial charge < -0.3 is 15.4 Å². The fourth-order valence-electron chi connectivity index (χ4n) is 2.39. The Labute approximate surface area is 102 Å². The second-order valence-electron chi connectivity index (χ2n) is 4.53. The number of ether oxygens (including phenoxy) is 1. The van der Waals surface area contributed by atoms with Crippen LogP contribution in [0.15, 0.2) is 12.3 Å². The van der Waals surface area contributed by atoms with Crippen LogP contribution in [0.25, 0.3) is 0 Å². The quantitative estimate of drug-likeness (QED) is 0.854. The Morgan fingerprint density at radius 2 is 2.18 bits per heavy atom. The number of hydrogen-bond acceptors (Lipinski definition) is 5. The third-order valence-electron chi connectivity index (χ3n) is 3.42. The van der Waals surface area contributed by atoms with Gasteiger partial charge in [-0.05, 0) is 12.8 Å². The molecule has 1 aliphatic carbocycles. The van der Waals surface area contributed by atoms with Gasteiger partial charge in [-0.3, -0.25) is 0 Å². The molecule has 0 saturated heterocycles. The van der Waals surface area contributed by atoms with Crippen LogP contribution in [0.1, 0.15) is 25.7 Å². The van der Waals surface area contributed by atoms with Gasteiger partial charge in [0.25, 0.3) is 0 Å². The van der Waals surface area contributed by atoms with E-state index in [4.69, 9.17) is 10.5 Å². The van der Waals surface area contributed by atoms with Crippen molar-refractivity contribution in [1.82, 2.24) is 9.97 Å². The van der Waals surface area contributed by atoms with Crippen LogP contribution in [-0.4, -0.2) is 36.2 Å². The lowest BCUT2D eigenvalue weighted by molar-refractivity contribution is 0.367. The standard InChI is InChI=1S/C12H20N4O/c1-16(10-6-4-3-5-9(10)13)12-14-8-7-11(15-12)17-2/h7-10H,3-6,13H2,1-2H3. The molecule has 2 unspecified atom stereocenters. The van der Waals surface area contributed by atoms with E-state index in [1.54, 1.807) is 19.4 Å². The Morgan fingerprint density at radius 1 is 1.41 bits per heavy atom. The van der Waals surface area contributed by atoms with Crippen molar-refractivity contribution >= 4 is 5.95 Å². The second kappa shape index (κ2) is 5.31. The molecule has 5 nitrogen and oxygen atoms in total. The molecule has 0 spiro atoms. The monoisotopic (exact) mass is 236 g/mol. The van der Waals surface area contributed by atoms with Crippen molar-refractivity contribution in [3.63, 3.8) is 0 Å². The summed E-state index contributed by atoms with van der Waals surface area (Å²) >= 11 is 0. The van der Waals surface area contributed by atoms with Gasteiger partial charge in [-0.15, -0.1) is 0 Å². The van der Waals surface area contributed by atoms with Crippen molar-refractivity contribution in [2.45, 2.75) is 37.8 Å². The van der Waals surface area contributed by atoms with Gasteiger partial charge in [0.05, 0.1) is 7.11 Å². The first-order valence-corrected chi connectivity index (χ1v) is 6.08. The summed E-state index contributed by atoms with van der Waals surface area (Å²) in [5, 5.41) is 0. The van der Waals surface area contributed by atoms with Crippen molar-refractivity contribution in [2.75, 3.05) is 19.1 Å². The van der Waals surface area contributed by atoms with Gasteiger partial charge in [0.1, 0.15) is 0 Å². The minimum absolute atomic E-state index is 0.212. The van der Waals surface area contributed by atoms with Crippen LogP contribution in [0.5, 0.6) is 5.88 Å². The SMILES string of the molecule is COc1ccnc(N(C)C2CCCCC2N)n1. The molecule has 2 atom stereocenters. The zero-order valence-corrected chi connectivity index (χ0v) is 10.5. The first-order valence-electron chi connectivity index (χ1n) is 6.08. The summed E-state index contributed by atoms with van der Waals surface area (Å²) in [6.45, 7) is 0. The Hall–Kier alpha value is -1.36. The highest BCUT2D eigenvalue weighted by molar-refractivity contribution is 5.33. The molecular weight excluding hydrogens is 216 g/mol. The van der Waals surface area contributed by atoms with Gasteiger partial charge in [0, 0.05) is 31.4 Å². The molecule has 0 radical (unpaired) electrons. The highest BCUT2D eigenvalue weighted by Gasteiger charge is 2.26. The second-order valence-corrected chi connectivity index (χ2v) is 4.53. The molecule has 94 valence electrons. The first-order chi connectivity index (χ1) is 8.22. The van der Waals surface area contributed by atoms with Crippen LogP contribution in [-0.2, 0) is 0 Å². The van der Waals surface area contributed by atoms with Crippen LogP contribution in [0.4, 0.5) is 5.95 Å². The highest BCUT2D eigenvalue weighted by atomic mass is 16.5. The lowest BCUT2D eigenvalue weighted by Crippen LogP contribution is -2.48. The van der Waals surface area contributed by atoms with Gasteiger partial charge in [0.2, 0.25) is 11.8 Å². The number of anilines is 1. The first kappa shape index (κ1) is 12.1. The van der Waals surface area contributed by atoms with Gasteiger partial charge in [-0.1, -0.05) is 12.8 Å². The average Bonchev–Trinajstić information content (AvgIpc) is 2.38. The zero-order chi connectivity index (χ0) is 12.3. The van der Waals surface area contributed by atoms with Gasteiger partial charge >= 0.3 is 0 Å². The van der Waals surface area contributed by atoms with Crippen molar-refractivity contribution in [3.8, 4) is 5.88 Å². The molecule has 0 amide bonds. The average molecular weight is 236 g/mol. The summed E-state index contributed by atoms with van der Waals surface area (Å²) in [5.74, 6) is 1.28. The van der Waals surface area contributed by atoms with E-state index in [-0.39, 0.29) is 6.04 Å². The molecule has 17 heavy (non-hydrogen) atoms. The van der Waals surface area contributed by atoms with Gasteiger partial charge in [-0.25, -0.2) is 4.98 Å². The predicted molar refractivity (Wildman–Crippen MR) is 67.2 cm³/mol. The van der Waals surface area contributed by atoms with Crippen LogP contribution in [0, 0.1) is 0 Å². The maximum atomic E-state index is 6.16. The lowest BCUT2D eigenvalue weighted by Gasteiger charge is -2.35. The van der Waals surface area contributed by atoms with Gasteiger partial charge in [0.15, 0.2) is 0 Å². The Kier molecular flexibility index (Phi) is 3.78. The highest BCUT2D eigenvalue weighted by Crippen LogP contribution is 2.24. The molecule has 2 N–H and O–H groups in total. The fraction of sp³-hybridized carbons (Fsp3) is 0.667. The summed E-state index contributed by atoms with van der Waals surface area (Å²) < 4.78 is 5.11. The van der Waals surface area contributed by atoms with Crippen molar-refractivity contribution in [1.29, 1.82) is 0 Å². The number of hydrogen-bond donors (Lipinski definition) is 1. The molecule has 1 aromatic heterocycles. The van der Waals surface area contributed by atoms with Gasteiger partial charge in [-0.2, -0.15) is 4.98 Å². The maximum Gasteiger partial charge on any atom is 0.228 e. The number of likely N-dealkylation sites (N-methyl/N-ethyl adjacent to an activating group) is 1. The molecule has 1 aromatic rings. The fourth-order valence-corrected chi connectivity index (χ4v) is 2.39. The Bertz CT molecular complexity index is 371. The molecule has 5 heteroatoms. The molecule has 1 fully saturated rings. The number of rotatable bonds is 3. The Morgan fingerprint density at radius 3 is 2.88 bits per heavy atom. The summed E-state index contributed by atoms with van der Waals surface area (Å²) in [6, 6.07) is 2.29. The number of nitrogens with zero attached hydrogens (tertiary/aromatic N) is 3. The van der Waals surface area contributed by atoms with E-state index in [2.05, 4.69) is 14.9 Å². The van der Waals surface area contributed by atoms with E-state index in [9.17, 15) is 0 Å². The molecule has 1 aliphatic rings. The topological polar surface area (TPSA) is 64.3 Å². The van der Waals surface area contributed by atoms with Crippen molar-refractivity contribution in [3.05, 3.63) is 12.3 Å². The zero-order valence-electron chi connectivity index (χ0n) is 10.5. The molecule has 1 saturated carbocycles. The molecule has 1 heterocycles.